The number of hydrogen-bond acceptors (Lipinski definition) is 1. The molecule has 0 amide bonds. The summed E-state index contributed by atoms with van der Waals surface area (Å²) >= 11 is 9.56. The molecule has 2 aromatic carbocycles. The number of rotatable bonds is 2. The van der Waals surface area contributed by atoms with Gasteiger partial charge in [-0.1, -0.05) is 45.7 Å². The first-order valence-electron chi connectivity index (χ1n) is 5.46. The summed E-state index contributed by atoms with van der Waals surface area (Å²) in [6.07, 6.45) is 0. The highest BCUT2D eigenvalue weighted by atomic mass is 79.9. The van der Waals surface area contributed by atoms with Crippen LogP contribution in [0.3, 0.4) is 0 Å². The van der Waals surface area contributed by atoms with Crippen LogP contribution >= 0.6 is 27.5 Å². The Balaban J connectivity index is 2.48. The van der Waals surface area contributed by atoms with Crippen LogP contribution in [0.2, 0.25) is 5.02 Å². The lowest BCUT2D eigenvalue weighted by molar-refractivity contribution is 0.614. The van der Waals surface area contributed by atoms with E-state index in [2.05, 4.69) is 15.9 Å². The number of nitrogens with two attached hydrogens (primary N) is 1. The molecule has 1 atom stereocenters. The van der Waals surface area contributed by atoms with E-state index < -0.39 is 6.04 Å². The summed E-state index contributed by atoms with van der Waals surface area (Å²) in [5.74, 6) is -0.258. The molecule has 1 unspecified atom stereocenters. The highest BCUT2D eigenvalue weighted by Gasteiger charge is 2.16. The van der Waals surface area contributed by atoms with E-state index >= 15 is 0 Å². The number of halogens is 3. The molecular weight excluding hydrogens is 317 g/mol. The van der Waals surface area contributed by atoms with Crippen molar-refractivity contribution in [3.8, 4) is 0 Å². The monoisotopic (exact) mass is 327 g/mol. The van der Waals surface area contributed by atoms with Gasteiger partial charge in [0.2, 0.25) is 0 Å². The van der Waals surface area contributed by atoms with Gasteiger partial charge in [0, 0.05) is 15.1 Å². The maximum atomic E-state index is 13.6. The van der Waals surface area contributed by atoms with Crippen molar-refractivity contribution in [1.82, 2.24) is 0 Å². The molecule has 4 heteroatoms. The molecule has 1 nitrogen and oxygen atoms in total. The highest BCUT2D eigenvalue weighted by molar-refractivity contribution is 9.10. The first-order chi connectivity index (χ1) is 8.50. The predicted octanol–water partition coefficient (Wildman–Crippen LogP) is 4.60. The molecule has 0 radical (unpaired) electrons. The van der Waals surface area contributed by atoms with E-state index in [1.807, 2.05) is 18.2 Å². The van der Waals surface area contributed by atoms with E-state index in [1.54, 1.807) is 19.1 Å². The Bertz CT molecular complexity index is 566. The summed E-state index contributed by atoms with van der Waals surface area (Å²) in [5.41, 5.74) is 8.22. The fourth-order valence-corrected chi connectivity index (χ4v) is 2.80. The fourth-order valence-electron chi connectivity index (χ4n) is 1.78. The second kappa shape index (κ2) is 5.39. The lowest BCUT2D eigenvalue weighted by Gasteiger charge is -2.16. The third-order valence-corrected chi connectivity index (χ3v) is 3.89. The SMILES string of the molecule is Cc1ccc(C(N)c2c(Cl)cccc2Br)cc1F. The molecule has 0 bridgehead atoms. The average Bonchev–Trinajstić information content (AvgIpc) is 2.32. The van der Waals surface area contributed by atoms with Gasteiger partial charge in [0.1, 0.15) is 5.82 Å². The third kappa shape index (κ3) is 2.58. The van der Waals surface area contributed by atoms with Crippen molar-refractivity contribution in [2.24, 2.45) is 5.73 Å². The lowest BCUT2D eigenvalue weighted by Crippen LogP contribution is -2.13. The van der Waals surface area contributed by atoms with Crippen LogP contribution in [0, 0.1) is 12.7 Å². The molecule has 0 aliphatic rings. The van der Waals surface area contributed by atoms with Crippen LogP contribution in [-0.2, 0) is 0 Å². The molecule has 2 N–H and O–H groups in total. The molecular formula is C14H12BrClFN. The quantitative estimate of drug-likeness (QED) is 0.856. The zero-order valence-electron chi connectivity index (χ0n) is 9.75. The molecule has 94 valence electrons. The smallest absolute Gasteiger partial charge is 0.126 e. The predicted molar refractivity (Wildman–Crippen MR) is 76.3 cm³/mol. The van der Waals surface area contributed by atoms with E-state index in [-0.39, 0.29) is 5.82 Å². The van der Waals surface area contributed by atoms with Crippen LogP contribution in [0.25, 0.3) is 0 Å². The van der Waals surface area contributed by atoms with Crippen molar-refractivity contribution in [2.45, 2.75) is 13.0 Å². The first kappa shape index (κ1) is 13.5. The van der Waals surface area contributed by atoms with Gasteiger partial charge in [-0.25, -0.2) is 4.39 Å². The standard InChI is InChI=1S/C14H12BrClFN/c1-8-5-6-9(7-12(8)17)14(18)13-10(15)3-2-4-11(13)16/h2-7,14H,18H2,1H3. The van der Waals surface area contributed by atoms with Crippen LogP contribution in [0.15, 0.2) is 40.9 Å². The third-order valence-electron chi connectivity index (χ3n) is 2.87. The Kier molecular flexibility index (Phi) is 4.05. The zero-order valence-corrected chi connectivity index (χ0v) is 12.1. The Labute approximate surface area is 119 Å². The summed E-state index contributed by atoms with van der Waals surface area (Å²) in [6, 6.07) is 10.0. The minimum Gasteiger partial charge on any atom is -0.320 e. The molecule has 0 heterocycles. The molecule has 0 aliphatic heterocycles. The minimum atomic E-state index is -0.455. The largest absolute Gasteiger partial charge is 0.320 e. The fraction of sp³-hybridized carbons (Fsp3) is 0.143. The van der Waals surface area contributed by atoms with Crippen LogP contribution in [-0.4, -0.2) is 0 Å². The molecule has 0 saturated carbocycles. The highest BCUT2D eigenvalue weighted by Crippen LogP contribution is 2.33. The molecule has 18 heavy (non-hydrogen) atoms. The van der Waals surface area contributed by atoms with Crippen LogP contribution in [0.1, 0.15) is 22.7 Å². The Hall–Kier alpha value is -0.900. The summed E-state index contributed by atoms with van der Waals surface area (Å²) in [4.78, 5) is 0. The normalized spacial score (nSPS) is 12.5. The van der Waals surface area contributed by atoms with Gasteiger partial charge in [0.15, 0.2) is 0 Å². The minimum absolute atomic E-state index is 0.258. The van der Waals surface area contributed by atoms with Gasteiger partial charge in [-0.05, 0) is 36.2 Å². The molecule has 0 aromatic heterocycles. The van der Waals surface area contributed by atoms with E-state index in [0.717, 1.165) is 10.0 Å². The molecule has 0 saturated heterocycles. The van der Waals surface area contributed by atoms with E-state index in [9.17, 15) is 4.39 Å². The Morgan fingerprint density at radius 1 is 1.28 bits per heavy atom. The maximum absolute atomic E-state index is 13.6. The van der Waals surface area contributed by atoms with Gasteiger partial charge >= 0.3 is 0 Å². The number of hydrogen-bond donors (Lipinski definition) is 1. The van der Waals surface area contributed by atoms with E-state index in [0.29, 0.717) is 16.1 Å². The lowest BCUT2D eigenvalue weighted by atomic mass is 9.98. The average molecular weight is 329 g/mol. The van der Waals surface area contributed by atoms with Gasteiger partial charge in [-0.15, -0.1) is 0 Å². The maximum Gasteiger partial charge on any atom is 0.126 e. The summed E-state index contributed by atoms with van der Waals surface area (Å²) in [5, 5.41) is 0.567. The summed E-state index contributed by atoms with van der Waals surface area (Å²) < 4.78 is 14.4. The molecule has 2 aromatic rings. The number of aryl methyl sites for hydroxylation is 1. The topological polar surface area (TPSA) is 26.0 Å². The van der Waals surface area contributed by atoms with Crippen molar-refractivity contribution in [3.05, 3.63) is 68.4 Å². The molecule has 0 aliphatic carbocycles. The first-order valence-corrected chi connectivity index (χ1v) is 6.63. The van der Waals surface area contributed by atoms with E-state index in [1.165, 1.54) is 6.07 Å². The van der Waals surface area contributed by atoms with E-state index in [4.69, 9.17) is 17.3 Å². The van der Waals surface area contributed by atoms with Gasteiger partial charge in [0.05, 0.1) is 6.04 Å². The van der Waals surface area contributed by atoms with Crippen molar-refractivity contribution in [1.29, 1.82) is 0 Å². The molecule has 2 rings (SSSR count). The van der Waals surface area contributed by atoms with Gasteiger partial charge in [-0.3, -0.25) is 0 Å². The zero-order chi connectivity index (χ0) is 13.3. The summed E-state index contributed by atoms with van der Waals surface area (Å²) in [6.45, 7) is 1.72. The van der Waals surface area contributed by atoms with Crippen LogP contribution in [0.4, 0.5) is 4.39 Å². The van der Waals surface area contributed by atoms with Crippen LogP contribution in [0.5, 0.6) is 0 Å². The summed E-state index contributed by atoms with van der Waals surface area (Å²) in [7, 11) is 0. The van der Waals surface area contributed by atoms with Crippen molar-refractivity contribution in [2.75, 3.05) is 0 Å². The second-order valence-corrected chi connectivity index (χ2v) is 5.38. The second-order valence-electron chi connectivity index (χ2n) is 4.12. The Morgan fingerprint density at radius 3 is 2.61 bits per heavy atom. The van der Waals surface area contributed by atoms with Gasteiger partial charge in [-0.2, -0.15) is 0 Å². The van der Waals surface area contributed by atoms with Crippen molar-refractivity contribution in [3.63, 3.8) is 0 Å². The van der Waals surface area contributed by atoms with Crippen molar-refractivity contribution < 1.29 is 4.39 Å². The van der Waals surface area contributed by atoms with Crippen molar-refractivity contribution >= 4 is 27.5 Å². The van der Waals surface area contributed by atoms with Crippen LogP contribution < -0.4 is 5.73 Å². The Morgan fingerprint density at radius 2 is 2.00 bits per heavy atom. The molecule has 0 spiro atoms. The van der Waals surface area contributed by atoms with Gasteiger partial charge < -0.3 is 5.73 Å². The van der Waals surface area contributed by atoms with Gasteiger partial charge in [0.25, 0.3) is 0 Å². The molecule has 0 fully saturated rings. The number of benzene rings is 2.